The summed E-state index contributed by atoms with van der Waals surface area (Å²) in [6.07, 6.45) is 1.70. The molecule has 0 spiro atoms. The summed E-state index contributed by atoms with van der Waals surface area (Å²) in [4.78, 5) is 28.0. The third-order valence-electron chi connectivity index (χ3n) is 6.07. The molecule has 1 aliphatic rings. The Bertz CT molecular complexity index is 1320. The Morgan fingerprint density at radius 3 is 2.11 bits per heavy atom. The van der Waals surface area contributed by atoms with E-state index in [9.17, 15) is 9.59 Å². The van der Waals surface area contributed by atoms with E-state index in [0.29, 0.717) is 28.6 Å². The molecule has 0 N–H and O–H groups in total. The van der Waals surface area contributed by atoms with Crippen molar-refractivity contribution < 1.29 is 33.3 Å². The van der Waals surface area contributed by atoms with E-state index in [4.69, 9.17) is 23.7 Å². The molecule has 0 amide bonds. The van der Waals surface area contributed by atoms with Crippen LogP contribution in [0.5, 0.6) is 28.7 Å². The van der Waals surface area contributed by atoms with Crippen molar-refractivity contribution in [1.29, 1.82) is 0 Å². The minimum Gasteiger partial charge on any atom is -0.493 e. The maximum Gasteiger partial charge on any atom is 0.343 e. The van der Waals surface area contributed by atoms with Gasteiger partial charge in [-0.3, -0.25) is 4.79 Å². The summed E-state index contributed by atoms with van der Waals surface area (Å²) in [6.45, 7) is 6.05. The summed E-state index contributed by atoms with van der Waals surface area (Å²) in [5.74, 6) is 0.930. The molecule has 0 aromatic heterocycles. The molecule has 0 atom stereocenters. The number of hydrogen-bond acceptors (Lipinski definition) is 8. The van der Waals surface area contributed by atoms with Crippen molar-refractivity contribution in [1.82, 2.24) is 0 Å². The number of hydrogen-bond donors (Lipinski definition) is 0. The first kappa shape index (κ1) is 25.6. The summed E-state index contributed by atoms with van der Waals surface area (Å²) >= 11 is 0. The predicted molar refractivity (Wildman–Crippen MR) is 140 cm³/mol. The van der Waals surface area contributed by atoms with Crippen molar-refractivity contribution in [2.75, 3.05) is 39.3 Å². The highest BCUT2D eigenvalue weighted by Crippen LogP contribution is 2.39. The molecule has 3 aromatic rings. The van der Waals surface area contributed by atoms with Crippen molar-refractivity contribution in [3.05, 3.63) is 77.0 Å². The van der Waals surface area contributed by atoms with Crippen molar-refractivity contribution in [3.8, 4) is 28.7 Å². The Hall–Kier alpha value is -4.46. The van der Waals surface area contributed by atoms with Crippen LogP contribution in [0.3, 0.4) is 0 Å². The van der Waals surface area contributed by atoms with Crippen LogP contribution in [-0.2, 0) is 0 Å². The second-order valence-electron chi connectivity index (χ2n) is 8.17. The van der Waals surface area contributed by atoms with Gasteiger partial charge >= 0.3 is 5.97 Å². The number of allylic oxidation sites excluding steroid dienone is 1. The number of rotatable bonds is 9. The van der Waals surface area contributed by atoms with E-state index in [2.05, 4.69) is 18.7 Å². The number of Topliss-reactive ketones (excluding diaryl/α,β-unsaturated/α-hetero) is 1. The maximum atomic E-state index is 12.9. The van der Waals surface area contributed by atoms with E-state index < -0.39 is 5.97 Å². The number of carbonyl (C=O) groups is 2. The highest BCUT2D eigenvalue weighted by atomic mass is 16.5. The van der Waals surface area contributed by atoms with Gasteiger partial charge in [-0.05, 0) is 61.9 Å². The highest BCUT2D eigenvalue weighted by molar-refractivity contribution is 6.14. The fourth-order valence-electron chi connectivity index (χ4n) is 4.12. The Morgan fingerprint density at radius 2 is 1.54 bits per heavy atom. The van der Waals surface area contributed by atoms with Gasteiger partial charge in [0, 0.05) is 24.8 Å². The zero-order valence-electron chi connectivity index (χ0n) is 21.5. The van der Waals surface area contributed by atoms with Crippen molar-refractivity contribution in [3.63, 3.8) is 0 Å². The number of ketones is 1. The third kappa shape index (κ3) is 5.23. The predicted octanol–water partition coefficient (Wildman–Crippen LogP) is 5.39. The summed E-state index contributed by atoms with van der Waals surface area (Å²) in [6, 6.07) is 15.6. The third-order valence-corrected chi connectivity index (χ3v) is 6.07. The van der Waals surface area contributed by atoms with Gasteiger partial charge in [0.15, 0.2) is 17.3 Å². The topological polar surface area (TPSA) is 83.5 Å². The van der Waals surface area contributed by atoms with Gasteiger partial charge in [-0.2, -0.15) is 0 Å². The average Bonchev–Trinajstić information content (AvgIpc) is 3.23. The molecule has 0 bridgehead atoms. The van der Waals surface area contributed by atoms with Gasteiger partial charge in [0.1, 0.15) is 11.5 Å². The number of carbonyl (C=O) groups excluding carboxylic acids is 2. The number of fused-ring (bicyclic) bond motifs is 1. The fraction of sp³-hybridized carbons (Fsp3) is 0.241. The van der Waals surface area contributed by atoms with Crippen LogP contribution in [-0.4, -0.2) is 46.2 Å². The lowest BCUT2D eigenvalue weighted by Gasteiger charge is -2.20. The van der Waals surface area contributed by atoms with E-state index >= 15 is 0 Å². The van der Waals surface area contributed by atoms with Gasteiger partial charge in [0.2, 0.25) is 11.5 Å². The number of nitrogens with zero attached hydrogens (tertiary/aromatic N) is 1. The van der Waals surface area contributed by atoms with Crippen molar-refractivity contribution >= 4 is 23.5 Å². The molecule has 0 unspecified atom stereocenters. The molecule has 0 saturated heterocycles. The number of esters is 1. The van der Waals surface area contributed by atoms with Crippen LogP contribution in [0.4, 0.5) is 5.69 Å². The molecule has 37 heavy (non-hydrogen) atoms. The fourth-order valence-corrected chi connectivity index (χ4v) is 4.12. The summed E-state index contributed by atoms with van der Waals surface area (Å²) < 4.78 is 27.3. The zero-order valence-corrected chi connectivity index (χ0v) is 21.5. The smallest absolute Gasteiger partial charge is 0.343 e. The second kappa shape index (κ2) is 11.1. The number of benzene rings is 3. The van der Waals surface area contributed by atoms with Crippen LogP contribution in [0.15, 0.2) is 60.4 Å². The lowest BCUT2D eigenvalue weighted by atomic mass is 10.1. The van der Waals surface area contributed by atoms with Crippen LogP contribution in [0.1, 0.15) is 40.1 Å². The molecule has 0 radical (unpaired) electrons. The van der Waals surface area contributed by atoms with Gasteiger partial charge in [0.25, 0.3) is 0 Å². The van der Waals surface area contributed by atoms with Crippen molar-refractivity contribution in [2.24, 2.45) is 0 Å². The molecular weight excluding hydrogens is 474 g/mol. The van der Waals surface area contributed by atoms with Crippen LogP contribution in [0, 0.1) is 0 Å². The van der Waals surface area contributed by atoms with E-state index in [1.165, 1.54) is 39.5 Å². The summed E-state index contributed by atoms with van der Waals surface area (Å²) in [7, 11) is 4.41. The first-order chi connectivity index (χ1) is 17.9. The van der Waals surface area contributed by atoms with Gasteiger partial charge < -0.3 is 28.6 Å². The largest absolute Gasteiger partial charge is 0.493 e. The monoisotopic (exact) mass is 503 g/mol. The Kier molecular flexibility index (Phi) is 7.67. The molecule has 4 rings (SSSR count). The normalized spacial score (nSPS) is 13.1. The Labute approximate surface area is 216 Å². The van der Waals surface area contributed by atoms with Gasteiger partial charge in [-0.25, -0.2) is 4.79 Å². The van der Waals surface area contributed by atoms with Crippen LogP contribution in [0.2, 0.25) is 0 Å². The molecular formula is C29H29NO7. The molecule has 0 saturated carbocycles. The maximum absolute atomic E-state index is 12.9. The molecule has 3 aromatic carbocycles. The van der Waals surface area contributed by atoms with E-state index in [1.807, 2.05) is 24.3 Å². The quantitative estimate of drug-likeness (QED) is 0.218. The molecule has 8 heteroatoms. The van der Waals surface area contributed by atoms with Gasteiger partial charge in [-0.15, -0.1) is 0 Å². The van der Waals surface area contributed by atoms with Crippen LogP contribution >= 0.6 is 0 Å². The zero-order chi connectivity index (χ0) is 26.5. The second-order valence-corrected chi connectivity index (χ2v) is 8.17. The van der Waals surface area contributed by atoms with Crippen LogP contribution < -0.4 is 28.6 Å². The Morgan fingerprint density at radius 1 is 0.892 bits per heavy atom. The molecule has 0 aliphatic carbocycles. The van der Waals surface area contributed by atoms with E-state index in [-0.39, 0.29) is 22.9 Å². The summed E-state index contributed by atoms with van der Waals surface area (Å²) in [5, 5.41) is 0. The SMILES string of the molecule is CCN(CC)c1ccc(/C=C2\Oc3cc(OC(=O)c4cc(OC)c(OC)c(OC)c4)ccc3C2=O)cc1. The van der Waals surface area contributed by atoms with E-state index in [1.54, 1.807) is 18.2 Å². The average molecular weight is 504 g/mol. The molecule has 8 nitrogen and oxygen atoms in total. The number of ether oxygens (including phenoxy) is 5. The molecule has 0 fully saturated rings. The number of methoxy groups -OCH3 is 3. The molecule has 1 aliphatic heterocycles. The van der Waals surface area contributed by atoms with Gasteiger partial charge in [-0.1, -0.05) is 12.1 Å². The lowest BCUT2D eigenvalue weighted by Crippen LogP contribution is -2.21. The van der Waals surface area contributed by atoms with Crippen LogP contribution in [0.25, 0.3) is 6.08 Å². The standard InChI is InChI=1S/C29H29NO7/c1-6-30(7-2)20-10-8-18(9-11-20)14-24-27(31)22-13-12-21(17-23(22)37-24)36-29(32)19-15-25(33-3)28(35-5)26(16-19)34-4/h8-17H,6-7H2,1-5H3/b24-14-. The summed E-state index contributed by atoms with van der Waals surface area (Å²) in [5.41, 5.74) is 2.58. The lowest BCUT2D eigenvalue weighted by molar-refractivity contribution is 0.0733. The van der Waals surface area contributed by atoms with Crippen molar-refractivity contribution in [2.45, 2.75) is 13.8 Å². The Balaban J connectivity index is 1.52. The minimum atomic E-state index is -0.632. The minimum absolute atomic E-state index is 0.207. The number of anilines is 1. The van der Waals surface area contributed by atoms with E-state index in [0.717, 1.165) is 24.3 Å². The molecule has 1 heterocycles. The first-order valence-corrected chi connectivity index (χ1v) is 11.9. The first-order valence-electron chi connectivity index (χ1n) is 11.9. The highest BCUT2D eigenvalue weighted by Gasteiger charge is 2.28. The van der Waals surface area contributed by atoms with Gasteiger partial charge in [0.05, 0.1) is 32.5 Å². The molecule has 192 valence electrons.